The van der Waals surface area contributed by atoms with Crippen molar-refractivity contribution in [1.29, 1.82) is 0 Å². The van der Waals surface area contributed by atoms with Crippen molar-refractivity contribution in [2.75, 3.05) is 13.1 Å². The van der Waals surface area contributed by atoms with E-state index in [2.05, 4.69) is 22.4 Å². The molecule has 78 valence electrons. The van der Waals surface area contributed by atoms with E-state index in [1.807, 2.05) is 11.3 Å². The molecular weight excluding hydrogens is 194 g/mol. The van der Waals surface area contributed by atoms with Crippen molar-refractivity contribution < 1.29 is 5.11 Å². The monoisotopic (exact) mass is 211 g/mol. The quantitative estimate of drug-likeness (QED) is 0.809. The Morgan fingerprint density at radius 1 is 1.43 bits per heavy atom. The average Bonchev–Trinajstić information content (AvgIpc) is 2.58. The summed E-state index contributed by atoms with van der Waals surface area (Å²) in [6.45, 7) is 3.23. The molecule has 1 fully saturated rings. The van der Waals surface area contributed by atoms with Crippen LogP contribution in [0, 0.1) is 0 Å². The molecular formula is C11H17NOS. The first-order valence-corrected chi connectivity index (χ1v) is 6.15. The Morgan fingerprint density at radius 3 is 3.14 bits per heavy atom. The fraction of sp³-hybridized carbons (Fsp3) is 0.636. The highest BCUT2D eigenvalue weighted by Gasteiger charge is 2.14. The Kier molecular flexibility index (Phi) is 3.56. The van der Waals surface area contributed by atoms with Gasteiger partial charge in [-0.15, -0.1) is 11.3 Å². The number of rotatable bonds is 2. The molecule has 2 nitrogen and oxygen atoms in total. The van der Waals surface area contributed by atoms with E-state index in [1.54, 1.807) is 0 Å². The number of aliphatic hydroxyl groups excluding tert-OH is 1. The summed E-state index contributed by atoms with van der Waals surface area (Å²) in [6, 6.07) is 4.29. The highest BCUT2D eigenvalue weighted by Crippen LogP contribution is 2.16. The summed E-state index contributed by atoms with van der Waals surface area (Å²) in [5.74, 6) is 0. The molecule has 0 aliphatic carbocycles. The second-order valence-corrected chi connectivity index (χ2v) is 4.97. The summed E-state index contributed by atoms with van der Waals surface area (Å²) in [6.07, 6.45) is 2.97. The number of likely N-dealkylation sites (tertiary alicyclic amines) is 1. The van der Waals surface area contributed by atoms with Crippen LogP contribution in [0.3, 0.4) is 0 Å². The van der Waals surface area contributed by atoms with Gasteiger partial charge in [0.05, 0.1) is 6.10 Å². The van der Waals surface area contributed by atoms with Crippen LogP contribution in [0.25, 0.3) is 0 Å². The van der Waals surface area contributed by atoms with Gasteiger partial charge in [-0.1, -0.05) is 6.07 Å². The van der Waals surface area contributed by atoms with Crippen molar-refractivity contribution >= 4 is 11.3 Å². The van der Waals surface area contributed by atoms with Crippen LogP contribution in [0.2, 0.25) is 0 Å². The van der Waals surface area contributed by atoms with E-state index in [4.69, 9.17) is 0 Å². The van der Waals surface area contributed by atoms with Gasteiger partial charge in [0.15, 0.2) is 0 Å². The van der Waals surface area contributed by atoms with Crippen LogP contribution in [0.15, 0.2) is 17.5 Å². The van der Waals surface area contributed by atoms with Crippen molar-refractivity contribution in [3.05, 3.63) is 22.4 Å². The van der Waals surface area contributed by atoms with Crippen LogP contribution in [0.1, 0.15) is 24.1 Å². The molecule has 2 heterocycles. The predicted molar refractivity (Wildman–Crippen MR) is 59.5 cm³/mol. The third-order valence-corrected chi connectivity index (χ3v) is 3.61. The average molecular weight is 211 g/mol. The van der Waals surface area contributed by atoms with Crippen molar-refractivity contribution in [3.63, 3.8) is 0 Å². The molecule has 0 amide bonds. The molecule has 1 saturated heterocycles. The minimum Gasteiger partial charge on any atom is -0.393 e. The number of thiophene rings is 1. The molecule has 1 aliphatic rings. The van der Waals surface area contributed by atoms with Crippen molar-refractivity contribution in [2.45, 2.75) is 31.9 Å². The summed E-state index contributed by atoms with van der Waals surface area (Å²) in [4.78, 5) is 3.88. The molecule has 1 aromatic rings. The molecule has 1 N–H and O–H groups in total. The first-order valence-electron chi connectivity index (χ1n) is 5.27. The molecule has 1 aliphatic heterocycles. The Balaban J connectivity index is 1.86. The first kappa shape index (κ1) is 10.1. The van der Waals surface area contributed by atoms with Crippen LogP contribution in [0.5, 0.6) is 0 Å². The van der Waals surface area contributed by atoms with E-state index >= 15 is 0 Å². The molecule has 3 heteroatoms. The Labute approximate surface area is 89.2 Å². The van der Waals surface area contributed by atoms with Crippen molar-refractivity contribution in [2.24, 2.45) is 0 Å². The lowest BCUT2D eigenvalue weighted by Gasteiger charge is -2.18. The molecule has 2 rings (SSSR count). The zero-order chi connectivity index (χ0) is 9.80. The van der Waals surface area contributed by atoms with Crippen LogP contribution >= 0.6 is 11.3 Å². The molecule has 14 heavy (non-hydrogen) atoms. The van der Waals surface area contributed by atoms with E-state index in [0.29, 0.717) is 0 Å². The van der Waals surface area contributed by atoms with Gasteiger partial charge >= 0.3 is 0 Å². The summed E-state index contributed by atoms with van der Waals surface area (Å²) >= 11 is 1.82. The van der Waals surface area contributed by atoms with Gasteiger partial charge < -0.3 is 5.11 Å². The smallest absolute Gasteiger partial charge is 0.0553 e. The minimum absolute atomic E-state index is 0.0664. The van der Waals surface area contributed by atoms with E-state index < -0.39 is 0 Å². The van der Waals surface area contributed by atoms with Crippen LogP contribution in [-0.4, -0.2) is 29.2 Å². The molecule has 0 radical (unpaired) electrons. The van der Waals surface area contributed by atoms with Gasteiger partial charge in [0.1, 0.15) is 0 Å². The number of nitrogens with zero attached hydrogens (tertiary/aromatic N) is 1. The zero-order valence-corrected chi connectivity index (χ0v) is 9.17. The Hall–Kier alpha value is -0.380. The number of hydrogen-bond acceptors (Lipinski definition) is 3. The van der Waals surface area contributed by atoms with Gasteiger partial charge in [0.2, 0.25) is 0 Å². The maximum absolute atomic E-state index is 9.51. The van der Waals surface area contributed by atoms with E-state index in [-0.39, 0.29) is 6.10 Å². The zero-order valence-electron chi connectivity index (χ0n) is 8.35. The third-order valence-electron chi connectivity index (χ3n) is 2.75. The fourth-order valence-corrected chi connectivity index (χ4v) is 2.67. The lowest BCUT2D eigenvalue weighted by atomic mass is 10.2. The SMILES string of the molecule is OC1CCCN(Cc2cccs2)CC1. The maximum Gasteiger partial charge on any atom is 0.0553 e. The van der Waals surface area contributed by atoms with Gasteiger partial charge in [-0.2, -0.15) is 0 Å². The Morgan fingerprint density at radius 2 is 2.36 bits per heavy atom. The number of aliphatic hydroxyl groups is 1. The lowest BCUT2D eigenvalue weighted by Crippen LogP contribution is -2.24. The standard InChI is InChI=1S/C11H17NOS/c13-10-3-1-6-12(7-5-10)9-11-4-2-8-14-11/h2,4,8,10,13H,1,3,5-7,9H2. The van der Waals surface area contributed by atoms with E-state index in [9.17, 15) is 5.11 Å². The highest BCUT2D eigenvalue weighted by molar-refractivity contribution is 7.09. The molecule has 1 atom stereocenters. The molecule has 0 aromatic carbocycles. The van der Waals surface area contributed by atoms with Crippen LogP contribution < -0.4 is 0 Å². The summed E-state index contributed by atoms with van der Waals surface area (Å²) in [7, 11) is 0. The van der Waals surface area contributed by atoms with Crippen LogP contribution in [0.4, 0.5) is 0 Å². The maximum atomic E-state index is 9.51. The van der Waals surface area contributed by atoms with Gasteiger partial charge in [0.25, 0.3) is 0 Å². The molecule has 0 spiro atoms. The summed E-state index contributed by atoms with van der Waals surface area (Å²) in [5.41, 5.74) is 0. The minimum atomic E-state index is -0.0664. The van der Waals surface area contributed by atoms with Gasteiger partial charge in [0, 0.05) is 18.0 Å². The van der Waals surface area contributed by atoms with Crippen molar-refractivity contribution in [1.82, 2.24) is 4.90 Å². The van der Waals surface area contributed by atoms with Gasteiger partial charge in [-0.05, 0) is 37.3 Å². The largest absolute Gasteiger partial charge is 0.393 e. The first-order chi connectivity index (χ1) is 6.84. The highest BCUT2D eigenvalue weighted by atomic mass is 32.1. The molecule has 0 saturated carbocycles. The van der Waals surface area contributed by atoms with Crippen molar-refractivity contribution in [3.8, 4) is 0 Å². The second-order valence-electron chi connectivity index (χ2n) is 3.94. The van der Waals surface area contributed by atoms with Gasteiger partial charge in [-0.3, -0.25) is 4.90 Å². The third kappa shape index (κ3) is 2.80. The molecule has 1 unspecified atom stereocenters. The number of hydrogen-bond donors (Lipinski definition) is 1. The molecule has 0 bridgehead atoms. The molecule has 1 aromatic heterocycles. The normalized spacial score (nSPS) is 24.8. The van der Waals surface area contributed by atoms with E-state index in [1.165, 1.54) is 4.88 Å². The van der Waals surface area contributed by atoms with E-state index in [0.717, 1.165) is 38.9 Å². The lowest BCUT2D eigenvalue weighted by molar-refractivity contribution is 0.155. The predicted octanol–water partition coefficient (Wildman–Crippen LogP) is 2.09. The summed E-state index contributed by atoms with van der Waals surface area (Å²) in [5, 5.41) is 11.6. The Bertz CT molecular complexity index is 260. The van der Waals surface area contributed by atoms with Gasteiger partial charge in [-0.25, -0.2) is 0 Å². The van der Waals surface area contributed by atoms with Crippen LogP contribution in [-0.2, 0) is 6.54 Å². The topological polar surface area (TPSA) is 23.5 Å². The summed E-state index contributed by atoms with van der Waals surface area (Å²) < 4.78 is 0. The second kappa shape index (κ2) is 4.91. The fourth-order valence-electron chi connectivity index (χ4n) is 1.92.